The molecule has 1 N–H and O–H groups in total. The first kappa shape index (κ1) is 19.0. The largest absolute Gasteiger partial charge is 0.485 e. The van der Waals surface area contributed by atoms with Gasteiger partial charge in [-0.05, 0) is 41.0 Å². The van der Waals surface area contributed by atoms with Gasteiger partial charge in [-0.15, -0.1) is 0 Å². The molecule has 1 aliphatic rings. The summed E-state index contributed by atoms with van der Waals surface area (Å²) in [7, 11) is 1.38. The SMILES string of the molecule is COC(=O)c1ccc(CNCc2ccc(C3COc4ccccc4O3)cc2)cc1. The average Bonchev–Trinajstić information content (AvgIpc) is 2.79. The monoisotopic (exact) mass is 389 g/mol. The molecule has 0 amide bonds. The van der Waals surface area contributed by atoms with Crippen LogP contribution < -0.4 is 14.8 Å². The molecule has 0 bridgehead atoms. The molecule has 1 aliphatic heterocycles. The van der Waals surface area contributed by atoms with E-state index >= 15 is 0 Å². The highest BCUT2D eigenvalue weighted by Gasteiger charge is 2.21. The van der Waals surface area contributed by atoms with Crippen molar-refractivity contribution in [2.75, 3.05) is 13.7 Å². The van der Waals surface area contributed by atoms with E-state index in [1.54, 1.807) is 12.1 Å². The van der Waals surface area contributed by atoms with Crippen molar-refractivity contribution in [3.05, 3.63) is 95.1 Å². The maximum atomic E-state index is 11.5. The molecule has 0 aliphatic carbocycles. The van der Waals surface area contributed by atoms with Gasteiger partial charge in [-0.1, -0.05) is 48.5 Å². The van der Waals surface area contributed by atoms with Crippen molar-refractivity contribution in [2.24, 2.45) is 0 Å². The van der Waals surface area contributed by atoms with Crippen LogP contribution in [0.1, 0.15) is 33.2 Å². The van der Waals surface area contributed by atoms with E-state index in [0.29, 0.717) is 12.2 Å². The van der Waals surface area contributed by atoms with E-state index in [1.807, 2.05) is 36.4 Å². The van der Waals surface area contributed by atoms with Crippen LogP contribution in [0, 0.1) is 0 Å². The molecule has 148 valence electrons. The van der Waals surface area contributed by atoms with Gasteiger partial charge in [-0.2, -0.15) is 0 Å². The van der Waals surface area contributed by atoms with Gasteiger partial charge in [-0.25, -0.2) is 4.79 Å². The predicted molar refractivity (Wildman–Crippen MR) is 110 cm³/mol. The average molecular weight is 389 g/mol. The van der Waals surface area contributed by atoms with Crippen LogP contribution in [-0.4, -0.2) is 19.7 Å². The van der Waals surface area contributed by atoms with Gasteiger partial charge in [0.2, 0.25) is 0 Å². The van der Waals surface area contributed by atoms with Crippen molar-refractivity contribution in [1.82, 2.24) is 5.32 Å². The maximum absolute atomic E-state index is 11.5. The zero-order chi connectivity index (χ0) is 20.1. The molecule has 0 saturated carbocycles. The predicted octanol–water partition coefficient (Wildman–Crippen LogP) is 4.28. The Labute approximate surface area is 170 Å². The molecule has 0 spiro atoms. The highest BCUT2D eigenvalue weighted by atomic mass is 16.6. The van der Waals surface area contributed by atoms with Gasteiger partial charge in [0.25, 0.3) is 0 Å². The minimum atomic E-state index is -0.319. The molecule has 0 fully saturated rings. The molecule has 4 rings (SSSR count). The van der Waals surface area contributed by atoms with Gasteiger partial charge in [0.15, 0.2) is 17.6 Å². The fourth-order valence-electron chi connectivity index (χ4n) is 3.26. The zero-order valence-corrected chi connectivity index (χ0v) is 16.3. The van der Waals surface area contributed by atoms with Gasteiger partial charge < -0.3 is 19.5 Å². The molecule has 1 heterocycles. The van der Waals surface area contributed by atoms with Crippen molar-refractivity contribution in [3.8, 4) is 11.5 Å². The first-order valence-electron chi connectivity index (χ1n) is 9.58. The summed E-state index contributed by atoms with van der Waals surface area (Å²) in [4.78, 5) is 11.5. The first-order valence-corrected chi connectivity index (χ1v) is 9.58. The molecule has 0 aromatic heterocycles. The van der Waals surface area contributed by atoms with E-state index < -0.39 is 0 Å². The fourth-order valence-corrected chi connectivity index (χ4v) is 3.26. The van der Waals surface area contributed by atoms with Gasteiger partial charge in [0, 0.05) is 13.1 Å². The summed E-state index contributed by atoms with van der Waals surface area (Å²) < 4.78 is 16.6. The van der Waals surface area contributed by atoms with E-state index in [9.17, 15) is 4.79 Å². The minimum Gasteiger partial charge on any atom is -0.485 e. The lowest BCUT2D eigenvalue weighted by atomic mass is 10.1. The Balaban J connectivity index is 1.29. The number of nitrogens with one attached hydrogen (secondary N) is 1. The van der Waals surface area contributed by atoms with Gasteiger partial charge in [0.05, 0.1) is 12.7 Å². The van der Waals surface area contributed by atoms with Crippen LogP contribution in [0.3, 0.4) is 0 Å². The van der Waals surface area contributed by atoms with E-state index in [2.05, 4.69) is 29.6 Å². The number of para-hydroxylation sites is 2. The van der Waals surface area contributed by atoms with Crippen molar-refractivity contribution in [3.63, 3.8) is 0 Å². The Bertz CT molecular complexity index is 967. The summed E-state index contributed by atoms with van der Waals surface area (Å²) in [6.07, 6.45) is -0.0970. The van der Waals surface area contributed by atoms with E-state index in [0.717, 1.165) is 35.7 Å². The second-order valence-electron chi connectivity index (χ2n) is 6.90. The Kier molecular flexibility index (Phi) is 5.77. The lowest BCUT2D eigenvalue weighted by Gasteiger charge is -2.26. The number of esters is 1. The third-order valence-electron chi connectivity index (χ3n) is 4.89. The molecular formula is C24H23NO4. The van der Waals surface area contributed by atoms with Crippen LogP contribution in [0.5, 0.6) is 11.5 Å². The number of carbonyl (C=O) groups is 1. The van der Waals surface area contributed by atoms with Crippen LogP contribution >= 0.6 is 0 Å². The second kappa shape index (κ2) is 8.80. The number of methoxy groups -OCH3 is 1. The highest BCUT2D eigenvalue weighted by Crippen LogP contribution is 2.35. The Hall–Kier alpha value is -3.31. The molecular weight excluding hydrogens is 366 g/mol. The topological polar surface area (TPSA) is 56.8 Å². The molecule has 5 heteroatoms. The number of ether oxygens (including phenoxy) is 3. The molecule has 29 heavy (non-hydrogen) atoms. The fraction of sp³-hybridized carbons (Fsp3) is 0.208. The Morgan fingerprint density at radius 3 is 2.21 bits per heavy atom. The zero-order valence-electron chi connectivity index (χ0n) is 16.3. The number of carbonyl (C=O) groups excluding carboxylic acids is 1. The summed E-state index contributed by atoms with van der Waals surface area (Å²) in [5.41, 5.74) is 3.96. The summed E-state index contributed by atoms with van der Waals surface area (Å²) in [6.45, 7) is 1.99. The third-order valence-corrected chi connectivity index (χ3v) is 4.89. The Morgan fingerprint density at radius 2 is 1.55 bits per heavy atom. The van der Waals surface area contributed by atoms with Crippen LogP contribution in [0.15, 0.2) is 72.8 Å². The third kappa shape index (κ3) is 4.58. The summed E-state index contributed by atoms with van der Waals surface area (Å²) in [5, 5.41) is 3.42. The normalized spacial score (nSPS) is 15.0. The standard InChI is InChI=1S/C24H23NO4/c1-27-24(26)20-12-8-18(9-13-20)15-25-14-17-6-10-19(11-7-17)23-16-28-21-4-2-3-5-22(21)29-23/h2-13,23,25H,14-16H2,1H3. The molecule has 5 nitrogen and oxygen atoms in total. The Morgan fingerprint density at radius 1 is 0.931 bits per heavy atom. The van der Waals surface area contributed by atoms with Crippen LogP contribution in [0.25, 0.3) is 0 Å². The van der Waals surface area contributed by atoms with Gasteiger partial charge >= 0.3 is 5.97 Å². The van der Waals surface area contributed by atoms with Crippen LogP contribution in [-0.2, 0) is 17.8 Å². The second-order valence-corrected chi connectivity index (χ2v) is 6.90. The van der Waals surface area contributed by atoms with Crippen LogP contribution in [0.2, 0.25) is 0 Å². The van der Waals surface area contributed by atoms with Crippen molar-refractivity contribution < 1.29 is 19.0 Å². The van der Waals surface area contributed by atoms with Crippen molar-refractivity contribution >= 4 is 5.97 Å². The molecule has 1 unspecified atom stereocenters. The van der Waals surface area contributed by atoms with Gasteiger partial charge in [0.1, 0.15) is 6.61 Å². The van der Waals surface area contributed by atoms with Crippen LogP contribution in [0.4, 0.5) is 0 Å². The number of benzene rings is 3. The van der Waals surface area contributed by atoms with Gasteiger partial charge in [-0.3, -0.25) is 0 Å². The quantitative estimate of drug-likeness (QED) is 0.638. The number of rotatable bonds is 6. The van der Waals surface area contributed by atoms with E-state index in [-0.39, 0.29) is 12.1 Å². The lowest BCUT2D eigenvalue weighted by Crippen LogP contribution is -2.21. The summed E-state index contributed by atoms with van der Waals surface area (Å²) in [6, 6.07) is 23.5. The number of hydrogen-bond acceptors (Lipinski definition) is 5. The molecule has 3 aromatic carbocycles. The summed E-state index contributed by atoms with van der Waals surface area (Å²) in [5.74, 6) is 1.26. The first-order chi connectivity index (χ1) is 14.2. The maximum Gasteiger partial charge on any atom is 0.337 e. The molecule has 3 aromatic rings. The molecule has 0 radical (unpaired) electrons. The number of fused-ring (bicyclic) bond motifs is 1. The van der Waals surface area contributed by atoms with E-state index in [4.69, 9.17) is 14.2 Å². The minimum absolute atomic E-state index is 0.0970. The highest BCUT2D eigenvalue weighted by molar-refractivity contribution is 5.89. The molecule has 0 saturated heterocycles. The molecule has 1 atom stereocenters. The number of hydrogen-bond donors (Lipinski definition) is 1. The smallest absolute Gasteiger partial charge is 0.337 e. The van der Waals surface area contributed by atoms with Crippen molar-refractivity contribution in [2.45, 2.75) is 19.2 Å². The van der Waals surface area contributed by atoms with Crippen molar-refractivity contribution in [1.29, 1.82) is 0 Å². The lowest BCUT2D eigenvalue weighted by molar-refractivity contribution is 0.0600. The van der Waals surface area contributed by atoms with E-state index in [1.165, 1.54) is 12.7 Å². The summed E-state index contributed by atoms with van der Waals surface area (Å²) >= 11 is 0.